The number of carbonyl (C=O) groups is 1. The predicted molar refractivity (Wildman–Crippen MR) is 133 cm³/mol. The van der Waals surface area contributed by atoms with Crippen LogP contribution in [-0.4, -0.2) is 40.8 Å². The molecule has 0 unspecified atom stereocenters. The van der Waals surface area contributed by atoms with Gasteiger partial charge in [-0.2, -0.15) is 16.1 Å². The molecule has 2 aromatic carbocycles. The number of carboxylic acid groups (broad SMARTS) is 1. The van der Waals surface area contributed by atoms with E-state index >= 15 is 0 Å². The van der Waals surface area contributed by atoms with Gasteiger partial charge in [-0.15, -0.1) is 0 Å². The summed E-state index contributed by atoms with van der Waals surface area (Å²) in [6, 6.07) is 14.6. The van der Waals surface area contributed by atoms with Crippen LogP contribution in [0.15, 0.2) is 53.4 Å². The Bertz CT molecular complexity index is 1060. The van der Waals surface area contributed by atoms with Crippen molar-refractivity contribution in [3.05, 3.63) is 65.2 Å². The van der Waals surface area contributed by atoms with Crippen molar-refractivity contribution in [1.82, 2.24) is 4.31 Å². The number of benzene rings is 2. The van der Waals surface area contributed by atoms with E-state index in [0.717, 1.165) is 30.4 Å². The summed E-state index contributed by atoms with van der Waals surface area (Å²) in [7, 11) is -3.85. The molecule has 3 atom stereocenters. The summed E-state index contributed by atoms with van der Waals surface area (Å²) in [5.74, 6) is -1.63. The van der Waals surface area contributed by atoms with Gasteiger partial charge in [0.1, 0.15) is 0 Å². The monoisotopic (exact) mass is 487 g/mol. The van der Waals surface area contributed by atoms with Gasteiger partial charge < -0.3 is 5.11 Å². The lowest BCUT2D eigenvalue weighted by atomic mass is 9.90. The quantitative estimate of drug-likeness (QED) is 0.563. The van der Waals surface area contributed by atoms with Crippen molar-refractivity contribution >= 4 is 27.8 Å². The number of hydrogen-bond donors (Lipinski definition) is 1. The molecule has 0 aromatic heterocycles. The Morgan fingerprint density at radius 2 is 1.70 bits per heavy atom. The first kappa shape index (κ1) is 24.3. The third-order valence-electron chi connectivity index (χ3n) is 7.02. The zero-order chi connectivity index (χ0) is 23.6. The minimum atomic E-state index is -3.85. The fraction of sp³-hybridized carbons (Fsp3) is 0.500. The van der Waals surface area contributed by atoms with Gasteiger partial charge in [-0.05, 0) is 55.9 Å². The van der Waals surface area contributed by atoms with Crippen molar-refractivity contribution in [3.8, 4) is 0 Å². The van der Waals surface area contributed by atoms with Crippen molar-refractivity contribution in [3.63, 3.8) is 0 Å². The maximum atomic E-state index is 13.8. The minimum Gasteiger partial charge on any atom is -0.481 e. The topological polar surface area (TPSA) is 74.7 Å². The Labute approximate surface area is 201 Å². The number of piperidine rings is 1. The second-order valence-corrected chi connectivity index (χ2v) is 12.7. The fourth-order valence-electron chi connectivity index (χ4n) is 4.99. The lowest BCUT2D eigenvalue weighted by Crippen LogP contribution is -2.49. The normalized spacial score (nSPS) is 24.7. The number of thioether (sulfide) groups is 1. The molecule has 1 heterocycles. The molecule has 4 rings (SSSR count). The lowest BCUT2D eigenvalue weighted by molar-refractivity contribution is -0.143. The second kappa shape index (κ2) is 10.2. The zero-order valence-corrected chi connectivity index (χ0v) is 20.9. The number of aliphatic carboxylic acids is 1. The highest BCUT2D eigenvalue weighted by Crippen LogP contribution is 2.45. The molecule has 5 nitrogen and oxygen atoms in total. The third kappa shape index (κ3) is 5.31. The van der Waals surface area contributed by atoms with E-state index < -0.39 is 21.9 Å². The maximum Gasteiger partial charge on any atom is 0.308 e. The first-order chi connectivity index (χ1) is 15.8. The van der Waals surface area contributed by atoms with Gasteiger partial charge in [0, 0.05) is 17.0 Å². The van der Waals surface area contributed by atoms with Crippen LogP contribution >= 0.6 is 11.8 Å². The molecule has 1 aliphatic carbocycles. The molecule has 2 aliphatic rings. The minimum absolute atomic E-state index is 0.00384. The van der Waals surface area contributed by atoms with Crippen LogP contribution in [0.4, 0.5) is 0 Å². The summed E-state index contributed by atoms with van der Waals surface area (Å²) in [5.41, 5.74) is 3.11. The SMILES string of the molecule is CCc1ccc([C@@H]2C[C@@H](SC3CCCC3)[C@H](C(=O)O)CN2S(=O)(=O)c2ccc(C)cc2)cc1. The fourth-order valence-corrected chi connectivity index (χ4v) is 8.42. The molecule has 1 saturated carbocycles. The Morgan fingerprint density at radius 3 is 2.27 bits per heavy atom. The molecule has 0 amide bonds. The largest absolute Gasteiger partial charge is 0.481 e. The summed E-state index contributed by atoms with van der Waals surface area (Å²) in [4.78, 5) is 12.5. The Hall–Kier alpha value is -1.83. The van der Waals surface area contributed by atoms with Crippen LogP contribution in [0, 0.1) is 12.8 Å². The summed E-state index contributed by atoms with van der Waals surface area (Å²) in [6.07, 6.45) is 6.05. The van der Waals surface area contributed by atoms with Crippen molar-refractivity contribution in [1.29, 1.82) is 0 Å². The number of sulfonamides is 1. The van der Waals surface area contributed by atoms with Gasteiger partial charge in [-0.3, -0.25) is 4.79 Å². The number of hydrogen-bond acceptors (Lipinski definition) is 4. The molecule has 1 aliphatic heterocycles. The van der Waals surface area contributed by atoms with Gasteiger partial charge >= 0.3 is 5.97 Å². The van der Waals surface area contributed by atoms with Crippen LogP contribution in [0.25, 0.3) is 0 Å². The van der Waals surface area contributed by atoms with E-state index in [2.05, 4.69) is 19.1 Å². The van der Waals surface area contributed by atoms with E-state index in [1.165, 1.54) is 22.7 Å². The molecule has 2 fully saturated rings. The number of aryl methyl sites for hydroxylation is 2. The summed E-state index contributed by atoms with van der Waals surface area (Å²) in [6.45, 7) is 4.01. The molecule has 2 aromatic rings. The number of carboxylic acids is 1. The predicted octanol–water partition coefficient (Wildman–Crippen LogP) is 5.44. The average molecular weight is 488 g/mol. The molecule has 0 bridgehead atoms. The van der Waals surface area contributed by atoms with E-state index in [0.29, 0.717) is 11.7 Å². The molecule has 33 heavy (non-hydrogen) atoms. The van der Waals surface area contributed by atoms with Crippen molar-refractivity contribution in [2.75, 3.05) is 6.54 Å². The highest BCUT2D eigenvalue weighted by Gasteiger charge is 2.46. The van der Waals surface area contributed by atoms with Gasteiger partial charge in [0.25, 0.3) is 0 Å². The molecular formula is C26H33NO4S2. The van der Waals surface area contributed by atoms with E-state index in [-0.39, 0.29) is 22.7 Å². The molecule has 178 valence electrons. The van der Waals surface area contributed by atoms with Gasteiger partial charge in [-0.1, -0.05) is 61.7 Å². The molecule has 0 radical (unpaired) electrons. The third-order valence-corrected chi connectivity index (χ3v) is 10.6. The Morgan fingerprint density at radius 1 is 1.06 bits per heavy atom. The van der Waals surface area contributed by atoms with Crippen molar-refractivity contribution in [2.45, 2.75) is 73.8 Å². The molecular weight excluding hydrogens is 454 g/mol. The summed E-state index contributed by atoms with van der Waals surface area (Å²) < 4.78 is 28.9. The van der Waals surface area contributed by atoms with Crippen LogP contribution in [0.5, 0.6) is 0 Å². The van der Waals surface area contributed by atoms with E-state index in [9.17, 15) is 18.3 Å². The van der Waals surface area contributed by atoms with Gasteiger partial charge in [-0.25, -0.2) is 8.42 Å². The molecule has 1 N–H and O–H groups in total. The lowest BCUT2D eigenvalue weighted by Gasteiger charge is -2.42. The first-order valence-corrected chi connectivity index (χ1v) is 14.2. The summed E-state index contributed by atoms with van der Waals surface area (Å²) in [5, 5.41) is 10.4. The van der Waals surface area contributed by atoms with Crippen LogP contribution in [0.2, 0.25) is 0 Å². The van der Waals surface area contributed by atoms with Gasteiger partial charge in [0.05, 0.1) is 16.9 Å². The Kier molecular flexibility index (Phi) is 7.51. The van der Waals surface area contributed by atoms with Crippen LogP contribution in [-0.2, 0) is 21.2 Å². The van der Waals surface area contributed by atoms with Gasteiger partial charge in [0.2, 0.25) is 10.0 Å². The van der Waals surface area contributed by atoms with E-state index in [1.54, 1.807) is 36.0 Å². The molecule has 0 spiro atoms. The number of rotatable bonds is 7. The van der Waals surface area contributed by atoms with E-state index in [1.807, 2.05) is 19.1 Å². The second-order valence-electron chi connectivity index (χ2n) is 9.26. The smallest absolute Gasteiger partial charge is 0.308 e. The molecule has 1 saturated heterocycles. The summed E-state index contributed by atoms with van der Waals surface area (Å²) >= 11 is 1.78. The van der Waals surface area contributed by atoms with Crippen LogP contribution in [0.1, 0.15) is 61.8 Å². The van der Waals surface area contributed by atoms with E-state index in [4.69, 9.17) is 0 Å². The highest BCUT2D eigenvalue weighted by atomic mass is 32.2. The van der Waals surface area contributed by atoms with Crippen LogP contribution in [0.3, 0.4) is 0 Å². The first-order valence-electron chi connectivity index (χ1n) is 11.8. The van der Waals surface area contributed by atoms with Crippen molar-refractivity contribution in [2.24, 2.45) is 5.92 Å². The van der Waals surface area contributed by atoms with Crippen LogP contribution < -0.4 is 0 Å². The maximum absolute atomic E-state index is 13.8. The molecule has 7 heteroatoms. The standard InChI is InChI=1S/C26H33NO4S2/c1-3-19-10-12-20(13-11-19)24-16-25(32-21-6-4-5-7-21)23(26(28)29)17-27(24)33(30,31)22-14-8-18(2)9-15-22/h8-15,21,23-25H,3-7,16-17H2,1-2H3,(H,28,29)/t23-,24+,25-/m1/s1. The van der Waals surface area contributed by atoms with Gasteiger partial charge in [0.15, 0.2) is 0 Å². The van der Waals surface area contributed by atoms with Crippen molar-refractivity contribution < 1.29 is 18.3 Å². The average Bonchev–Trinajstić information content (AvgIpc) is 3.32. The number of nitrogens with zero attached hydrogens (tertiary/aromatic N) is 1. The zero-order valence-electron chi connectivity index (χ0n) is 19.3. The Balaban J connectivity index is 1.72. The highest BCUT2D eigenvalue weighted by molar-refractivity contribution is 8.00.